The summed E-state index contributed by atoms with van der Waals surface area (Å²) in [5, 5.41) is 5.50. The standard InChI is InChI=1S/C22H26FN3O4/c1-4-21(27)24-13-18-15-12-20(30-3)19(29-2)11-14(15)9-10-26(18)22(28)25-17-8-6-5-7-16(17)23/h5-8,11-12,18H,4,9-10,13H2,1-3H3,(H,24,27)(H,25,28)/t18-/m0/s1. The summed E-state index contributed by atoms with van der Waals surface area (Å²) in [5.41, 5.74) is 1.98. The summed E-state index contributed by atoms with van der Waals surface area (Å²) in [6.07, 6.45) is 0.936. The van der Waals surface area contributed by atoms with Crippen LogP contribution in [-0.2, 0) is 11.2 Å². The number of benzene rings is 2. The number of carbonyl (C=O) groups excluding carboxylic acids is 2. The van der Waals surface area contributed by atoms with Crippen LogP contribution >= 0.6 is 0 Å². The van der Waals surface area contributed by atoms with Crippen LogP contribution in [0.4, 0.5) is 14.9 Å². The molecule has 1 aliphatic heterocycles. The molecule has 0 saturated heterocycles. The van der Waals surface area contributed by atoms with E-state index in [0.29, 0.717) is 30.9 Å². The van der Waals surface area contributed by atoms with E-state index in [4.69, 9.17) is 9.47 Å². The minimum Gasteiger partial charge on any atom is -0.493 e. The van der Waals surface area contributed by atoms with Crippen molar-refractivity contribution < 1.29 is 23.5 Å². The molecule has 2 aromatic rings. The third-order valence-electron chi connectivity index (χ3n) is 5.19. The number of urea groups is 1. The highest BCUT2D eigenvalue weighted by molar-refractivity contribution is 5.90. The average molecular weight is 415 g/mol. The molecule has 8 heteroatoms. The maximum atomic E-state index is 14.0. The van der Waals surface area contributed by atoms with E-state index >= 15 is 0 Å². The molecule has 1 heterocycles. The molecule has 0 saturated carbocycles. The van der Waals surface area contributed by atoms with Crippen LogP contribution < -0.4 is 20.1 Å². The molecule has 1 atom stereocenters. The smallest absolute Gasteiger partial charge is 0.322 e. The molecular formula is C22H26FN3O4. The predicted octanol–water partition coefficient (Wildman–Crippen LogP) is 3.50. The van der Waals surface area contributed by atoms with Gasteiger partial charge in [0.05, 0.1) is 25.9 Å². The second kappa shape index (κ2) is 9.47. The van der Waals surface area contributed by atoms with Crippen LogP contribution in [0.2, 0.25) is 0 Å². The van der Waals surface area contributed by atoms with E-state index in [1.165, 1.54) is 12.1 Å². The van der Waals surface area contributed by atoms with Crippen molar-refractivity contribution in [2.75, 3.05) is 32.6 Å². The fraction of sp³-hybridized carbons (Fsp3) is 0.364. The Balaban J connectivity index is 1.93. The Kier molecular flexibility index (Phi) is 6.76. The quantitative estimate of drug-likeness (QED) is 0.757. The van der Waals surface area contributed by atoms with E-state index in [0.717, 1.165) is 11.1 Å². The molecule has 0 spiro atoms. The fourth-order valence-electron chi connectivity index (χ4n) is 3.58. The first-order valence-corrected chi connectivity index (χ1v) is 9.82. The van der Waals surface area contributed by atoms with Crippen molar-refractivity contribution in [3.05, 3.63) is 53.3 Å². The van der Waals surface area contributed by atoms with Crippen molar-refractivity contribution in [1.82, 2.24) is 10.2 Å². The number of methoxy groups -OCH3 is 2. The minimum atomic E-state index is -0.509. The highest BCUT2D eigenvalue weighted by atomic mass is 19.1. The van der Waals surface area contributed by atoms with Crippen LogP contribution in [0.5, 0.6) is 11.5 Å². The molecule has 3 amide bonds. The zero-order chi connectivity index (χ0) is 21.7. The number of nitrogens with zero attached hydrogens (tertiary/aromatic N) is 1. The minimum absolute atomic E-state index is 0.108. The second-order valence-corrected chi connectivity index (χ2v) is 6.93. The third kappa shape index (κ3) is 4.48. The molecule has 2 aromatic carbocycles. The van der Waals surface area contributed by atoms with E-state index in [1.54, 1.807) is 38.2 Å². The zero-order valence-corrected chi connectivity index (χ0v) is 17.3. The second-order valence-electron chi connectivity index (χ2n) is 6.93. The maximum absolute atomic E-state index is 14.0. The first-order valence-electron chi connectivity index (χ1n) is 9.82. The van der Waals surface area contributed by atoms with Crippen LogP contribution in [-0.4, -0.2) is 44.1 Å². The number of para-hydroxylation sites is 1. The number of amides is 3. The van der Waals surface area contributed by atoms with E-state index in [-0.39, 0.29) is 18.1 Å². The topological polar surface area (TPSA) is 79.9 Å². The molecule has 2 N–H and O–H groups in total. The van der Waals surface area contributed by atoms with E-state index in [1.807, 2.05) is 12.1 Å². The Bertz CT molecular complexity index is 935. The maximum Gasteiger partial charge on any atom is 0.322 e. The van der Waals surface area contributed by atoms with Gasteiger partial charge in [-0.2, -0.15) is 0 Å². The van der Waals surface area contributed by atoms with Crippen LogP contribution in [0.1, 0.15) is 30.5 Å². The summed E-state index contributed by atoms with van der Waals surface area (Å²) in [6, 6.07) is 8.87. The molecular weight excluding hydrogens is 389 g/mol. The first-order chi connectivity index (χ1) is 14.5. The summed E-state index contributed by atoms with van der Waals surface area (Å²) in [4.78, 5) is 26.5. The third-order valence-corrected chi connectivity index (χ3v) is 5.19. The van der Waals surface area contributed by atoms with Crippen molar-refractivity contribution in [2.24, 2.45) is 0 Å². The van der Waals surface area contributed by atoms with E-state index in [2.05, 4.69) is 10.6 Å². The molecule has 0 aliphatic carbocycles. The Hall–Kier alpha value is -3.29. The molecule has 1 aliphatic rings. The van der Waals surface area contributed by atoms with Crippen molar-refractivity contribution in [2.45, 2.75) is 25.8 Å². The number of fused-ring (bicyclic) bond motifs is 1. The first kappa shape index (κ1) is 21.4. The van der Waals surface area contributed by atoms with Crippen molar-refractivity contribution >= 4 is 17.6 Å². The Labute approximate surface area is 175 Å². The van der Waals surface area contributed by atoms with Gasteiger partial charge >= 0.3 is 6.03 Å². The van der Waals surface area contributed by atoms with E-state index in [9.17, 15) is 14.0 Å². The molecule has 30 heavy (non-hydrogen) atoms. The van der Waals surface area contributed by atoms with Gasteiger partial charge in [-0.05, 0) is 41.8 Å². The zero-order valence-electron chi connectivity index (χ0n) is 17.3. The number of hydrogen-bond acceptors (Lipinski definition) is 4. The summed E-state index contributed by atoms with van der Waals surface area (Å²) >= 11 is 0. The molecule has 0 fully saturated rings. The SMILES string of the molecule is CCC(=O)NC[C@H]1c2cc(OC)c(OC)cc2CCN1C(=O)Nc1ccccc1F. The van der Waals surface area contributed by atoms with E-state index < -0.39 is 17.9 Å². The van der Waals surface area contributed by atoms with Gasteiger partial charge in [-0.25, -0.2) is 9.18 Å². The number of nitrogens with one attached hydrogen (secondary N) is 2. The highest BCUT2D eigenvalue weighted by Crippen LogP contribution is 2.38. The molecule has 0 aromatic heterocycles. The fourth-order valence-corrected chi connectivity index (χ4v) is 3.58. The van der Waals surface area contributed by atoms with Crippen molar-refractivity contribution in [3.8, 4) is 11.5 Å². The molecule has 0 bridgehead atoms. The van der Waals surface area contributed by atoms with Gasteiger partial charge in [0.25, 0.3) is 0 Å². The number of anilines is 1. The molecule has 160 valence electrons. The number of carbonyl (C=O) groups is 2. The number of ether oxygens (including phenoxy) is 2. The highest BCUT2D eigenvalue weighted by Gasteiger charge is 2.32. The Morgan fingerprint density at radius 1 is 1.17 bits per heavy atom. The molecule has 0 unspecified atom stereocenters. The Morgan fingerprint density at radius 3 is 2.53 bits per heavy atom. The van der Waals surface area contributed by atoms with Gasteiger partial charge in [-0.3, -0.25) is 4.79 Å². The van der Waals surface area contributed by atoms with Crippen molar-refractivity contribution in [3.63, 3.8) is 0 Å². The van der Waals surface area contributed by atoms with Crippen molar-refractivity contribution in [1.29, 1.82) is 0 Å². The van der Waals surface area contributed by atoms with Gasteiger partial charge in [0.15, 0.2) is 11.5 Å². The Morgan fingerprint density at radius 2 is 1.87 bits per heavy atom. The lowest BCUT2D eigenvalue weighted by atomic mass is 9.91. The van der Waals surface area contributed by atoms with Gasteiger partial charge in [0, 0.05) is 19.5 Å². The largest absolute Gasteiger partial charge is 0.493 e. The van der Waals surface area contributed by atoms with Crippen LogP contribution in [0.15, 0.2) is 36.4 Å². The predicted molar refractivity (Wildman–Crippen MR) is 111 cm³/mol. The molecule has 3 rings (SSSR count). The van der Waals surface area contributed by atoms with Crippen LogP contribution in [0, 0.1) is 5.82 Å². The monoisotopic (exact) mass is 415 g/mol. The molecule has 7 nitrogen and oxygen atoms in total. The number of halogens is 1. The van der Waals surface area contributed by atoms with Gasteiger partial charge in [-0.1, -0.05) is 19.1 Å². The summed E-state index contributed by atoms with van der Waals surface area (Å²) in [5.74, 6) is 0.527. The van der Waals surface area contributed by atoms with Gasteiger partial charge < -0.3 is 25.0 Å². The lowest BCUT2D eigenvalue weighted by Crippen LogP contribution is -2.46. The van der Waals surface area contributed by atoms with Crippen LogP contribution in [0.3, 0.4) is 0 Å². The summed E-state index contributed by atoms with van der Waals surface area (Å²) in [7, 11) is 3.11. The lowest BCUT2D eigenvalue weighted by molar-refractivity contribution is -0.121. The van der Waals surface area contributed by atoms with Gasteiger partial charge in [0.1, 0.15) is 5.82 Å². The number of hydrogen-bond donors (Lipinski definition) is 2. The lowest BCUT2D eigenvalue weighted by Gasteiger charge is -2.38. The number of rotatable bonds is 6. The average Bonchev–Trinajstić information content (AvgIpc) is 2.77. The summed E-state index contributed by atoms with van der Waals surface area (Å²) < 4.78 is 24.8. The van der Waals surface area contributed by atoms with Crippen LogP contribution in [0.25, 0.3) is 0 Å². The van der Waals surface area contributed by atoms with Gasteiger partial charge in [0.2, 0.25) is 5.91 Å². The molecule has 0 radical (unpaired) electrons. The van der Waals surface area contributed by atoms with Gasteiger partial charge in [-0.15, -0.1) is 0 Å². The normalized spacial score (nSPS) is 15.2. The summed E-state index contributed by atoms with van der Waals surface area (Å²) in [6.45, 7) is 2.41.